The molecule has 1 aliphatic heterocycles. The van der Waals surface area contributed by atoms with E-state index in [-0.39, 0.29) is 12.9 Å². The van der Waals surface area contributed by atoms with Crippen molar-refractivity contribution >= 4 is 12.1 Å². The SMILES string of the molecule is CN=C(NCCN(C(=O)OC(C)(C)C)C1CC1)NCc1ccc2c(c1)OCO2. The minimum absolute atomic E-state index is 0.250. The van der Waals surface area contributed by atoms with Crippen LogP contribution in [0.3, 0.4) is 0 Å². The molecule has 1 aromatic carbocycles. The van der Waals surface area contributed by atoms with Gasteiger partial charge >= 0.3 is 6.09 Å². The van der Waals surface area contributed by atoms with E-state index in [9.17, 15) is 4.79 Å². The van der Waals surface area contributed by atoms with E-state index in [1.54, 1.807) is 7.05 Å². The highest BCUT2D eigenvalue weighted by Crippen LogP contribution is 2.32. The number of guanidine groups is 1. The van der Waals surface area contributed by atoms with Gasteiger partial charge < -0.3 is 29.7 Å². The van der Waals surface area contributed by atoms with Gasteiger partial charge in [-0.05, 0) is 51.3 Å². The highest BCUT2D eigenvalue weighted by atomic mass is 16.7. The fourth-order valence-corrected chi connectivity index (χ4v) is 2.88. The molecule has 1 saturated carbocycles. The van der Waals surface area contributed by atoms with Crippen LogP contribution in [-0.4, -0.2) is 55.5 Å². The van der Waals surface area contributed by atoms with Crippen molar-refractivity contribution in [2.45, 2.75) is 51.8 Å². The first-order chi connectivity index (χ1) is 13.4. The van der Waals surface area contributed by atoms with Crippen LogP contribution in [0.5, 0.6) is 11.5 Å². The molecule has 3 rings (SSSR count). The largest absolute Gasteiger partial charge is 0.454 e. The van der Waals surface area contributed by atoms with E-state index in [0.29, 0.717) is 31.6 Å². The standard InChI is InChI=1S/C20H30N4O4/c1-20(2,3)28-19(25)24(15-6-7-15)10-9-22-18(21-4)23-12-14-5-8-16-17(11-14)27-13-26-16/h5,8,11,15H,6-7,9-10,12-13H2,1-4H3,(H2,21,22,23). The Kier molecular flexibility index (Phi) is 6.16. The summed E-state index contributed by atoms with van der Waals surface area (Å²) in [4.78, 5) is 18.4. The number of amides is 1. The van der Waals surface area contributed by atoms with E-state index in [0.717, 1.165) is 29.9 Å². The topological polar surface area (TPSA) is 84.4 Å². The van der Waals surface area contributed by atoms with Gasteiger partial charge in [-0.1, -0.05) is 6.07 Å². The first-order valence-corrected chi connectivity index (χ1v) is 9.68. The van der Waals surface area contributed by atoms with Crippen molar-refractivity contribution in [3.8, 4) is 11.5 Å². The van der Waals surface area contributed by atoms with Crippen molar-refractivity contribution in [1.82, 2.24) is 15.5 Å². The molecule has 0 saturated heterocycles. The van der Waals surface area contributed by atoms with Crippen molar-refractivity contribution in [3.05, 3.63) is 23.8 Å². The van der Waals surface area contributed by atoms with Crippen molar-refractivity contribution in [2.75, 3.05) is 26.9 Å². The molecule has 0 spiro atoms. The maximum absolute atomic E-state index is 12.4. The molecule has 28 heavy (non-hydrogen) atoms. The summed E-state index contributed by atoms with van der Waals surface area (Å²) < 4.78 is 16.3. The van der Waals surface area contributed by atoms with Gasteiger partial charge in [0.25, 0.3) is 0 Å². The first-order valence-electron chi connectivity index (χ1n) is 9.68. The fraction of sp³-hybridized carbons (Fsp3) is 0.600. The van der Waals surface area contributed by atoms with Gasteiger partial charge in [-0.3, -0.25) is 4.99 Å². The number of hydrogen-bond donors (Lipinski definition) is 2. The lowest BCUT2D eigenvalue weighted by Crippen LogP contribution is -2.45. The van der Waals surface area contributed by atoms with E-state index >= 15 is 0 Å². The van der Waals surface area contributed by atoms with Crippen molar-refractivity contribution in [2.24, 2.45) is 4.99 Å². The second-order valence-corrected chi connectivity index (χ2v) is 7.95. The molecule has 1 aromatic rings. The molecular formula is C20H30N4O4. The van der Waals surface area contributed by atoms with Crippen LogP contribution >= 0.6 is 0 Å². The van der Waals surface area contributed by atoms with E-state index in [2.05, 4.69) is 15.6 Å². The van der Waals surface area contributed by atoms with Gasteiger partial charge in [0.2, 0.25) is 6.79 Å². The molecule has 1 heterocycles. The summed E-state index contributed by atoms with van der Waals surface area (Å²) in [6.07, 6.45) is 1.83. The minimum atomic E-state index is -0.486. The van der Waals surface area contributed by atoms with Crippen molar-refractivity contribution in [3.63, 3.8) is 0 Å². The highest BCUT2D eigenvalue weighted by Gasteiger charge is 2.34. The zero-order chi connectivity index (χ0) is 20.1. The van der Waals surface area contributed by atoms with Gasteiger partial charge in [0.1, 0.15) is 5.60 Å². The Morgan fingerprint density at radius 1 is 1.25 bits per heavy atom. The predicted molar refractivity (Wildman–Crippen MR) is 107 cm³/mol. The number of fused-ring (bicyclic) bond motifs is 1. The van der Waals surface area contributed by atoms with Crippen LogP contribution in [0.2, 0.25) is 0 Å². The third-order valence-electron chi connectivity index (χ3n) is 4.38. The summed E-state index contributed by atoms with van der Waals surface area (Å²) in [6.45, 7) is 7.70. The zero-order valence-electron chi connectivity index (χ0n) is 17.1. The molecule has 1 amide bonds. The van der Waals surface area contributed by atoms with Crippen LogP contribution in [0.1, 0.15) is 39.2 Å². The van der Waals surface area contributed by atoms with Crippen LogP contribution in [0.4, 0.5) is 4.79 Å². The van der Waals surface area contributed by atoms with E-state index < -0.39 is 5.60 Å². The van der Waals surface area contributed by atoms with Crippen LogP contribution in [0.15, 0.2) is 23.2 Å². The molecule has 1 fully saturated rings. The number of rotatable bonds is 6. The second-order valence-electron chi connectivity index (χ2n) is 7.95. The lowest BCUT2D eigenvalue weighted by molar-refractivity contribution is 0.0238. The Morgan fingerprint density at radius 2 is 2.00 bits per heavy atom. The third kappa shape index (κ3) is 5.68. The molecule has 0 atom stereocenters. The van der Waals surface area contributed by atoms with Gasteiger partial charge in [0, 0.05) is 32.7 Å². The summed E-state index contributed by atoms with van der Waals surface area (Å²) in [5, 5.41) is 6.53. The molecule has 2 aliphatic rings. The molecule has 0 unspecified atom stereocenters. The number of carbonyl (C=O) groups excluding carboxylic acids is 1. The fourth-order valence-electron chi connectivity index (χ4n) is 2.88. The normalized spacial score (nSPS) is 15.9. The van der Waals surface area contributed by atoms with Gasteiger partial charge in [0.05, 0.1) is 0 Å². The smallest absolute Gasteiger partial charge is 0.410 e. The van der Waals surface area contributed by atoms with E-state index in [1.807, 2.05) is 43.9 Å². The Labute approximate surface area is 166 Å². The molecule has 0 radical (unpaired) electrons. The van der Waals surface area contributed by atoms with Gasteiger partial charge in [-0.15, -0.1) is 0 Å². The summed E-state index contributed by atoms with van der Waals surface area (Å²) in [6, 6.07) is 6.15. The quantitative estimate of drug-likeness (QED) is 0.573. The number of hydrogen-bond acceptors (Lipinski definition) is 5. The minimum Gasteiger partial charge on any atom is -0.454 e. The van der Waals surface area contributed by atoms with Crippen molar-refractivity contribution < 1.29 is 19.0 Å². The number of ether oxygens (including phenoxy) is 3. The molecule has 1 aliphatic carbocycles. The maximum atomic E-state index is 12.4. The van der Waals surface area contributed by atoms with Crippen LogP contribution in [-0.2, 0) is 11.3 Å². The zero-order valence-corrected chi connectivity index (χ0v) is 17.1. The lowest BCUT2D eigenvalue weighted by atomic mass is 10.2. The van der Waals surface area contributed by atoms with Crippen LogP contribution < -0.4 is 20.1 Å². The Hall–Kier alpha value is -2.64. The number of carbonyl (C=O) groups is 1. The maximum Gasteiger partial charge on any atom is 0.410 e. The molecule has 0 bridgehead atoms. The molecule has 2 N–H and O–H groups in total. The highest BCUT2D eigenvalue weighted by molar-refractivity contribution is 5.79. The number of aliphatic imine (C=N–C) groups is 1. The van der Waals surface area contributed by atoms with Crippen LogP contribution in [0.25, 0.3) is 0 Å². The van der Waals surface area contributed by atoms with Crippen molar-refractivity contribution in [1.29, 1.82) is 0 Å². The van der Waals surface area contributed by atoms with Gasteiger partial charge in [0.15, 0.2) is 17.5 Å². The Morgan fingerprint density at radius 3 is 2.68 bits per heavy atom. The number of nitrogens with one attached hydrogen (secondary N) is 2. The second kappa shape index (κ2) is 8.58. The Bertz CT molecular complexity index is 725. The molecular weight excluding hydrogens is 360 g/mol. The van der Waals surface area contributed by atoms with Gasteiger partial charge in [-0.2, -0.15) is 0 Å². The molecule has 154 valence electrons. The average Bonchev–Trinajstić information content (AvgIpc) is 3.36. The summed E-state index contributed by atoms with van der Waals surface area (Å²) >= 11 is 0. The Balaban J connectivity index is 1.45. The van der Waals surface area contributed by atoms with Gasteiger partial charge in [-0.25, -0.2) is 4.79 Å². The monoisotopic (exact) mass is 390 g/mol. The number of benzene rings is 1. The van der Waals surface area contributed by atoms with E-state index in [4.69, 9.17) is 14.2 Å². The van der Waals surface area contributed by atoms with Crippen LogP contribution in [0, 0.1) is 0 Å². The summed E-state index contributed by atoms with van der Waals surface area (Å²) in [5.74, 6) is 2.21. The third-order valence-corrected chi connectivity index (χ3v) is 4.38. The summed E-state index contributed by atoms with van der Waals surface area (Å²) in [7, 11) is 1.72. The first kappa shape index (κ1) is 20.1. The lowest BCUT2D eigenvalue weighted by Gasteiger charge is -2.27. The molecule has 0 aromatic heterocycles. The number of nitrogens with zero attached hydrogens (tertiary/aromatic N) is 2. The molecule has 8 heteroatoms. The van der Waals surface area contributed by atoms with E-state index in [1.165, 1.54) is 0 Å². The predicted octanol–water partition coefficient (Wildman–Crippen LogP) is 2.48. The summed E-state index contributed by atoms with van der Waals surface area (Å²) in [5.41, 5.74) is 0.584. The average molecular weight is 390 g/mol. The molecule has 8 nitrogen and oxygen atoms in total.